The van der Waals surface area contributed by atoms with Crippen molar-refractivity contribution in [2.45, 2.75) is 6.18 Å². The lowest BCUT2D eigenvalue weighted by Crippen LogP contribution is -2.45. The van der Waals surface area contributed by atoms with Gasteiger partial charge in [-0.25, -0.2) is 0 Å². The van der Waals surface area contributed by atoms with Crippen molar-refractivity contribution in [1.82, 2.24) is 9.80 Å². The number of nitrogens with zero attached hydrogens (tertiary/aromatic N) is 2. The van der Waals surface area contributed by atoms with E-state index in [1.54, 1.807) is 0 Å². The highest BCUT2D eigenvalue weighted by atomic mass is 79.9. The average molecular weight is 305 g/mol. The Morgan fingerprint density at radius 1 is 1.19 bits per heavy atom. The molecular formula is C8H12BrF3N2O2. The third-order valence-electron chi connectivity index (χ3n) is 1.66. The molecule has 0 heterocycles. The number of halogens is 4. The second-order valence-electron chi connectivity index (χ2n) is 3.29. The minimum absolute atomic E-state index is 0.246. The van der Waals surface area contributed by atoms with E-state index in [4.69, 9.17) is 0 Å². The fraction of sp³-hybridized carbons (Fsp3) is 0.750. The lowest BCUT2D eigenvalue weighted by Gasteiger charge is -2.24. The Hall–Kier alpha value is -0.790. The van der Waals surface area contributed by atoms with E-state index < -0.39 is 31.1 Å². The molecule has 0 rings (SSSR count). The van der Waals surface area contributed by atoms with Crippen LogP contribution in [-0.2, 0) is 9.59 Å². The number of alkyl halides is 4. The predicted octanol–water partition coefficient (Wildman–Crippen LogP) is 0.860. The van der Waals surface area contributed by atoms with Gasteiger partial charge >= 0.3 is 6.18 Å². The van der Waals surface area contributed by atoms with Gasteiger partial charge in [0.2, 0.25) is 11.8 Å². The van der Waals surface area contributed by atoms with Gasteiger partial charge in [0, 0.05) is 14.1 Å². The molecule has 2 amide bonds. The monoisotopic (exact) mass is 304 g/mol. The molecule has 0 aliphatic rings. The van der Waals surface area contributed by atoms with Gasteiger partial charge in [-0.2, -0.15) is 13.2 Å². The van der Waals surface area contributed by atoms with Gasteiger partial charge in [0.15, 0.2) is 0 Å². The van der Waals surface area contributed by atoms with Gasteiger partial charge in [-0.3, -0.25) is 9.59 Å². The standard InChI is InChI=1S/C8H12BrF3N2O2/c1-13(2)7(16)4-14(6(15)3-9)5-8(10,11)12/h3-5H2,1-2H3. The maximum Gasteiger partial charge on any atom is 0.406 e. The molecule has 0 aromatic carbocycles. The third-order valence-corrected chi connectivity index (χ3v) is 2.14. The minimum Gasteiger partial charge on any atom is -0.347 e. The fourth-order valence-electron chi connectivity index (χ4n) is 0.838. The Balaban J connectivity index is 4.57. The summed E-state index contributed by atoms with van der Waals surface area (Å²) in [4.78, 5) is 24.0. The summed E-state index contributed by atoms with van der Waals surface area (Å²) in [6.07, 6.45) is -4.51. The Morgan fingerprint density at radius 2 is 1.69 bits per heavy atom. The van der Waals surface area contributed by atoms with Crippen LogP contribution in [0.2, 0.25) is 0 Å². The van der Waals surface area contributed by atoms with Crippen molar-refractivity contribution in [3.63, 3.8) is 0 Å². The Bertz CT molecular complexity index is 268. The van der Waals surface area contributed by atoms with Crippen molar-refractivity contribution in [2.75, 3.05) is 32.5 Å². The summed E-state index contributed by atoms with van der Waals surface area (Å²) in [6.45, 7) is -1.99. The largest absolute Gasteiger partial charge is 0.406 e. The van der Waals surface area contributed by atoms with E-state index in [2.05, 4.69) is 15.9 Å². The molecule has 0 fully saturated rings. The predicted molar refractivity (Wildman–Crippen MR) is 55.1 cm³/mol. The van der Waals surface area contributed by atoms with E-state index >= 15 is 0 Å². The van der Waals surface area contributed by atoms with Gasteiger partial charge < -0.3 is 9.80 Å². The summed E-state index contributed by atoms with van der Waals surface area (Å²) in [6, 6.07) is 0. The second-order valence-corrected chi connectivity index (χ2v) is 3.85. The zero-order valence-corrected chi connectivity index (χ0v) is 10.4. The molecule has 0 radical (unpaired) electrons. The molecule has 0 bridgehead atoms. The van der Waals surface area contributed by atoms with Gasteiger partial charge in [-0.1, -0.05) is 15.9 Å². The van der Waals surface area contributed by atoms with Crippen molar-refractivity contribution in [2.24, 2.45) is 0 Å². The quantitative estimate of drug-likeness (QED) is 0.723. The Kier molecular flexibility index (Phi) is 5.77. The van der Waals surface area contributed by atoms with Crippen LogP contribution in [-0.4, -0.2) is 60.3 Å². The topological polar surface area (TPSA) is 40.6 Å². The molecule has 0 saturated carbocycles. The SMILES string of the molecule is CN(C)C(=O)CN(CC(F)(F)F)C(=O)CBr. The van der Waals surface area contributed by atoms with Crippen molar-refractivity contribution in [3.05, 3.63) is 0 Å². The lowest BCUT2D eigenvalue weighted by atomic mass is 10.4. The summed E-state index contributed by atoms with van der Waals surface area (Å²) in [5, 5.41) is -0.246. The lowest BCUT2D eigenvalue weighted by molar-refractivity contribution is -0.162. The van der Waals surface area contributed by atoms with Crippen LogP contribution in [0, 0.1) is 0 Å². The van der Waals surface area contributed by atoms with Crippen molar-refractivity contribution in [3.8, 4) is 0 Å². The third kappa shape index (κ3) is 5.94. The summed E-state index contributed by atoms with van der Waals surface area (Å²) in [5.74, 6) is -1.33. The summed E-state index contributed by atoms with van der Waals surface area (Å²) < 4.78 is 36.4. The minimum atomic E-state index is -4.51. The molecule has 94 valence electrons. The number of carbonyl (C=O) groups is 2. The molecule has 0 unspecified atom stereocenters. The van der Waals surface area contributed by atoms with Gasteiger partial charge in [-0.15, -0.1) is 0 Å². The molecule has 4 nitrogen and oxygen atoms in total. The van der Waals surface area contributed by atoms with Crippen LogP contribution in [0.15, 0.2) is 0 Å². The van der Waals surface area contributed by atoms with Gasteiger partial charge in [-0.05, 0) is 0 Å². The molecule has 0 spiro atoms. The molecule has 16 heavy (non-hydrogen) atoms. The normalized spacial score (nSPS) is 11.1. The average Bonchev–Trinajstić information content (AvgIpc) is 2.13. The first kappa shape index (κ1) is 15.2. The maximum atomic E-state index is 12.1. The van der Waals surface area contributed by atoms with Crippen LogP contribution in [0.4, 0.5) is 13.2 Å². The van der Waals surface area contributed by atoms with Crippen molar-refractivity contribution >= 4 is 27.7 Å². The first-order chi connectivity index (χ1) is 7.17. The van der Waals surface area contributed by atoms with Crippen LogP contribution in [0.1, 0.15) is 0 Å². The molecule has 0 aromatic heterocycles. The molecule has 0 atom stereocenters. The number of carbonyl (C=O) groups excluding carboxylic acids is 2. The first-order valence-corrected chi connectivity index (χ1v) is 5.40. The Labute approximate surface area is 99.5 Å². The summed E-state index contributed by atoms with van der Waals surface area (Å²) in [5.41, 5.74) is 0. The highest BCUT2D eigenvalue weighted by Crippen LogP contribution is 2.16. The van der Waals surface area contributed by atoms with Gasteiger partial charge in [0.1, 0.15) is 13.1 Å². The first-order valence-electron chi connectivity index (χ1n) is 4.28. The van der Waals surface area contributed by atoms with E-state index in [-0.39, 0.29) is 5.33 Å². The molecule has 0 aromatic rings. The van der Waals surface area contributed by atoms with E-state index in [9.17, 15) is 22.8 Å². The fourth-order valence-corrected chi connectivity index (χ4v) is 1.19. The Morgan fingerprint density at radius 3 is 2.00 bits per heavy atom. The van der Waals surface area contributed by atoms with E-state index in [1.807, 2.05) is 0 Å². The summed E-state index contributed by atoms with van der Waals surface area (Å²) in [7, 11) is 2.82. The number of amides is 2. The van der Waals surface area contributed by atoms with E-state index in [1.165, 1.54) is 14.1 Å². The zero-order valence-electron chi connectivity index (χ0n) is 8.84. The van der Waals surface area contributed by atoms with Gasteiger partial charge in [0.25, 0.3) is 0 Å². The smallest absolute Gasteiger partial charge is 0.347 e. The summed E-state index contributed by atoms with van der Waals surface area (Å²) >= 11 is 2.77. The van der Waals surface area contributed by atoms with E-state index in [0.29, 0.717) is 4.90 Å². The molecule has 0 saturated heterocycles. The molecular weight excluding hydrogens is 293 g/mol. The molecule has 0 aliphatic heterocycles. The number of rotatable bonds is 4. The van der Waals surface area contributed by atoms with Gasteiger partial charge in [0.05, 0.1) is 5.33 Å². The maximum absolute atomic E-state index is 12.1. The van der Waals surface area contributed by atoms with Crippen molar-refractivity contribution < 1.29 is 22.8 Å². The highest BCUT2D eigenvalue weighted by Gasteiger charge is 2.33. The van der Waals surface area contributed by atoms with Crippen LogP contribution in [0.5, 0.6) is 0 Å². The van der Waals surface area contributed by atoms with E-state index in [0.717, 1.165) is 4.90 Å². The number of hydrogen-bond donors (Lipinski definition) is 0. The number of hydrogen-bond acceptors (Lipinski definition) is 2. The molecule has 0 aliphatic carbocycles. The highest BCUT2D eigenvalue weighted by molar-refractivity contribution is 9.09. The van der Waals surface area contributed by atoms with Crippen molar-refractivity contribution in [1.29, 1.82) is 0 Å². The van der Waals surface area contributed by atoms with Crippen LogP contribution < -0.4 is 0 Å². The molecule has 0 N–H and O–H groups in total. The number of likely N-dealkylation sites (N-methyl/N-ethyl adjacent to an activating group) is 1. The zero-order chi connectivity index (χ0) is 12.9. The molecule has 8 heteroatoms. The van der Waals surface area contributed by atoms with Crippen LogP contribution >= 0.6 is 15.9 Å². The second kappa shape index (κ2) is 6.07. The van der Waals surface area contributed by atoms with Crippen LogP contribution in [0.3, 0.4) is 0 Å². The van der Waals surface area contributed by atoms with Crippen LogP contribution in [0.25, 0.3) is 0 Å².